The van der Waals surface area contributed by atoms with Crippen molar-refractivity contribution in [3.8, 4) is 0 Å². The number of nitrogens with one attached hydrogen (secondary N) is 4. The third kappa shape index (κ3) is 9.41. The molecule has 11 heteroatoms. The zero-order valence-electron chi connectivity index (χ0n) is 23.0. The van der Waals surface area contributed by atoms with E-state index >= 15 is 0 Å². The highest BCUT2D eigenvalue weighted by Crippen LogP contribution is 2.18. The van der Waals surface area contributed by atoms with Crippen molar-refractivity contribution in [1.29, 1.82) is 0 Å². The number of amides is 4. The van der Waals surface area contributed by atoms with E-state index in [1.165, 1.54) is 13.3 Å². The summed E-state index contributed by atoms with van der Waals surface area (Å²) in [6.45, 7) is 0.650. The number of piperidine rings is 1. The number of ketones is 1. The van der Waals surface area contributed by atoms with Crippen LogP contribution in [-0.4, -0.2) is 61.3 Å². The molecule has 216 valence electrons. The Morgan fingerprint density at radius 2 is 1.63 bits per heavy atom. The summed E-state index contributed by atoms with van der Waals surface area (Å²) in [5.41, 5.74) is 7.16. The number of nitrogens with two attached hydrogens (primary N) is 1. The van der Waals surface area contributed by atoms with Gasteiger partial charge in [-0.15, -0.1) is 0 Å². The molecule has 2 aromatic carbocycles. The largest absolute Gasteiger partial charge is 0.404 e. The molecule has 11 nitrogen and oxygen atoms in total. The maximum absolute atomic E-state index is 13.6. The van der Waals surface area contributed by atoms with Crippen LogP contribution in [0, 0.1) is 5.92 Å². The highest BCUT2D eigenvalue weighted by molar-refractivity contribution is 6.38. The van der Waals surface area contributed by atoms with Crippen LogP contribution in [0.25, 0.3) is 0 Å². The van der Waals surface area contributed by atoms with Gasteiger partial charge in [0.25, 0.3) is 11.8 Å². The molecule has 2 aromatic rings. The van der Waals surface area contributed by atoms with Gasteiger partial charge in [-0.2, -0.15) is 0 Å². The number of Topliss-reactive ketones (excluding diaryl/α,β-unsaturated/α-hetero) is 1. The minimum Gasteiger partial charge on any atom is -0.404 e. The molecule has 1 saturated heterocycles. The number of rotatable bonds is 13. The van der Waals surface area contributed by atoms with E-state index in [4.69, 9.17) is 5.73 Å². The fourth-order valence-corrected chi connectivity index (χ4v) is 4.49. The molecule has 1 aliphatic rings. The molecule has 0 aliphatic carbocycles. The Morgan fingerprint density at radius 3 is 2.24 bits per heavy atom. The van der Waals surface area contributed by atoms with Gasteiger partial charge in [-0.05, 0) is 30.4 Å². The first-order valence-corrected chi connectivity index (χ1v) is 13.4. The van der Waals surface area contributed by atoms with Crippen molar-refractivity contribution in [2.24, 2.45) is 16.6 Å². The SMILES string of the molecule is CN=CC(=CN)C(=O)N[C@@H](Cc1ccccc1)C(=O)N[C@@H](C[C@@H]1CCCNC1=O)C(=O)C(=O)NCc1ccccc1. The van der Waals surface area contributed by atoms with Crippen molar-refractivity contribution in [2.75, 3.05) is 13.6 Å². The van der Waals surface area contributed by atoms with Crippen LogP contribution in [0.3, 0.4) is 0 Å². The lowest BCUT2D eigenvalue weighted by Gasteiger charge is -2.27. The van der Waals surface area contributed by atoms with Gasteiger partial charge in [0, 0.05) is 44.9 Å². The summed E-state index contributed by atoms with van der Waals surface area (Å²) >= 11 is 0. The fourth-order valence-electron chi connectivity index (χ4n) is 4.49. The van der Waals surface area contributed by atoms with E-state index in [2.05, 4.69) is 26.3 Å². The van der Waals surface area contributed by atoms with E-state index < -0.39 is 41.5 Å². The standard InChI is InChI=1S/C30H36N6O5/c1-32-19-23(17-31)28(39)36-25(15-20-9-4-2-5-10-20)29(40)35-24(16-22-13-8-14-33-27(22)38)26(37)30(41)34-18-21-11-6-3-7-12-21/h2-7,9-12,17,19,22,24-25H,8,13-16,18,31H2,1H3,(H,33,38)(H,34,41)(H,35,40)(H,36,39)/t22-,24-,25-/m0/s1. The van der Waals surface area contributed by atoms with Crippen LogP contribution < -0.4 is 27.0 Å². The summed E-state index contributed by atoms with van der Waals surface area (Å²) in [4.78, 5) is 69.0. The zero-order chi connectivity index (χ0) is 29.6. The molecule has 1 heterocycles. The molecule has 3 atom stereocenters. The maximum atomic E-state index is 13.6. The van der Waals surface area contributed by atoms with Gasteiger partial charge in [-0.3, -0.25) is 29.0 Å². The molecule has 0 radical (unpaired) electrons. The Balaban J connectivity index is 1.82. The first kappa shape index (κ1) is 30.7. The molecule has 0 bridgehead atoms. The Bertz CT molecular complexity index is 1280. The van der Waals surface area contributed by atoms with Crippen molar-refractivity contribution in [1.82, 2.24) is 21.3 Å². The van der Waals surface area contributed by atoms with Crippen LogP contribution in [-0.2, 0) is 36.9 Å². The Labute approximate surface area is 239 Å². The van der Waals surface area contributed by atoms with Gasteiger partial charge in [-0.1, -0.05) is 60.7 Å². The summed E-state index contributed by atoms with van der Waals surface area (Å²) in [6.07, 6.45) is 3.61. The second kappa shape index (κ2) is 15.7. The Hall–Kier alpha value is -4.80. The van der Waals surface area contributed by atoms with Crippen molar-refractivity contribution in [2.45, 2.75) is 44.3 Å². The molecular weight excluding hydrogens is 524 g/mol. The van der Waals surface area contributed by atoms with Gasteiger partial charge in [0.2, 0.25) is 17.6 Å². The molecule has 1 fully saturated rings. The van der Waals surface area contributed by atoms with Gasteiger partial charge in [-0.25, -0.2) is 0 Å². The second-order valence-electron chi connectivity index (χ2n) is 9.68. The van der Waals surface area contributed by atoms with Gasteiger partial charge in [0.15, 0.2) is 0 Å². The van der Waals surface area contributed by atoms with Gasteiger partial charge in [0.1, 0.15) is 6.04 Å². The lowest BCUT2D eigenvalue weighted by Crippen LogP contribution is -2.55. The number of aliphatic imine (C=N–C) groups is 1. The van der Waals surface area contributed by atoms with Crippen LogP contribution in [0.5, 0.6) is 0 Å². The number of nitrogens with zero attached hydrogens (tertiary/aromatic N) is 1. The van der Waals surface area contributed by atoms with Gasteiger partial charge >= 0.3 is 0 Å². The van der Waals surface area contributed by atoms with Crippen LogP contribution in [0.15, 0.2) is 77.4 Å². The van der Waals surface area contributed by atoms with Crippen molar-refractivity contribution in [3.63, 3.8) is 0 Å². The van der Waals surface area contributed by atoms with Gasteiger partial charge < -0.3 is 27.0 Å². The van der Waals surface area contributed by atoms with E-state index in [-0.39, 0.29) is 30.9 Å². The lowest BCUT2D eigenvalue weighted by atomic mass is 9.89. The lowest BCUT2D eigenvalue weighted by molar-refractivity contribution is -0.141. The number of hydrogen-bond acceptors (Lipinski definition) is 7. The molecule has 4 amide bonds. The first-order valence-electron chi connectivity index (χ1n) is 13.4. The van der Waals surface area contributed by atoms with Gasteiger partial charge in [0.05, 0.1) is 11.6 Å². The summed E-state index contributed by atoms with van der Waals surface area (Å²) in [6, 6.07) is 15.7. The van der Waals surface area contributed by atoms with E-state index in [0.717, 1.165) is 17.3 Å². The Kier molecular flexibility index (Phi) is 11.8. The van der Waals surface area contributed by atoms with Crippen molar-refractivity contribution >= 4 is 35.6 Å². The van der Waals surface area contributed by atoms with Crippen molar-refractivity contribution in [3.05, 3.63) is 83.6 Å². The third-order valence-corrected chi connectivity index (χ3v) is 6.69. The third-order valence-electron chi connectivity index (χ3n) is 6.69. The normalized spacial score (nSPS) is 16.8. The molecule has 1 aliphatic heterocycles. The summed E-state index contributed by atoms with van der Waals surface area (Å²) < 4.78 is 0. The number of carbonyl (C=O) groups is 5. The van der Waals surface area contributed by atoms with Crippen LogP contribution >= 0.6 is 0 Å². The minimum atomic E-state index is -1.29. The summed E-state index contributed by atoms with van der Waals surface area (Å²) in [5, 5.41) is 10.7. The molecule has 0 aromatic heterocycles. The highest BCUT2D eigenvalue weighted by atomic mass is 16.2. The second-order valence-corrected chi connectivity index (χ2v) is 9.68. The molecule has 6 N–H and O–H groups in total. The molecule has 0 unspecified atom stereocenters. The fraction of sp³-hybridized carbons (Fsp3) is 0.333. The molecule has 41 heavy (non-hydrogen) atoms. The van der Waals surface area contributed by atoms with E-state index in [1.54, 1.807) is 36.4 Å². The average Bonchev–Trinajstić information content (AvgIpc) is 2.99. The maximum Gasteiger partial charge on any atom is 0.289 e. The monoisotopic (exact) mass is 560 g/mol. The van der Waals surface area contributed by atoms with E-state index in [9.17, 15) is 24.0 Å². The zero-order valence-corrected chi connectivity index (χ0v) is 23.0. The smallest absolute Gasteiger partial charge is 0.289 e. The minimum absolute atomic E-state index is 0.0464. The highest BCUT2D eigenvalue weighted by Gasteiger charge is 2.35. The molecular formula is C30H36N6O5. The topological polar surface area (TPSA) is 172 Å². The molecule has 0 spiro atoms. The average molecular weight is 561 g/mol. The van der Waals surface area contributed by atoms with Crippen molar-refractivity contribution < 1.29 is 24.0 Å². The quantitative estimate of drug-likeness (QED) is 0.136. The summed E-state index contributed by atoms with van der Waals surface area (Å²) in [5.74, 6) is -3.88. The Morgan fingerprint density at radius 1 is 0.976 bits per heavy atom. The predicted octanol–water partition coefficient (Wildman–Crippen LogP) is 0.544. The van der Waals surface area contributed by atoms with Crippen LogP contribution in [0.4, 0.5) is 0 Å². The number of benzene rings is 2. The van der Waals surface area contributed by atoms with E-state index in [1.807, 2.05) is 24.3 Å². The first-order chi connectivity index (χ1) is 19.8. The summed E-state index contributed by atoms with van der Waals surface area (Å²) in [7, 11) is 1.48. The predicted molar refractivity (Wildman–Crippen MR) is 154 cm³/mol. The molecule has 3 rings (SSSR count). The number of hydrogen-bond donors (Lipinski definition) is 5. The number of carbonyl (C=O) groups excluding carboxylic acids is 5. The molecule has 0 saturated carbocycles. The van der Waals surface area contributed by atoms with E-state index in [0.29, 0.717) is 19.4 Å². The van der Waals surface area contributed by atoms with Crippen LogP contribution in [0.2, 0.25) is 0 Å². The van der Waals surface area contributed by atoms with Crippen LogP contribution in [0.1, 0.15) is 30.4 Å².